The maximum absolute atomic E-state index is 14.3. The summed E-state index contributed by atoms with van der Waals surface area (Å²) in [4.78, 5) is 13.0. The second kappa shape index (κ2) is 10.4. The number of aryl methyl sites for hydroxylation is 1. The number of urea groups is 1. The number of benzene rings is 2. The molecule has 0 aromatic heterocycles. The van der Waals surface area contributed by atoms with Gasteiger partial charge in [0.2, 0.25) is 0 Å². The van der Waals surface area contributed by atoms with Gasteiger partial charge in [0, 0.05) is 28.8 Å². The molecule has 3 rings (SSSR count). The maximum atomic E-state index is 14.3. The van der Waals surface area contributed by atoms with Gasteiger partial charge in [0.15, 0.2) is 0 Å². The molecule has 1 saturated heterocycles. The first-order chi connectivity index (χ1) is 15.9. The quantitative estimate of drug-likeness (QED) is 0.281. The highest BCUT2D eigenvalue weighted by molar-refractivity contribution is 6.34. The van der Waals surface area contributed by atoms with Crippen LogP contribution < -0.4 is 15.6 Å². The number of amides is 2. The summed E-state index contributed by atoms with van der Waals surface area (Å²) in [6.45, 7) is 0.811. The van der Waals surface area contributed by atoms with E-state index in [0.29, 0.717) is 16.8 Å². The predicted molar refractivity (Wildman–Crippen MR) is 122 cm³/mol. The number of nitrogens with zero attached hydrogens (tertiary/aromatic N) is 2. The lowest BCUT2D eigenvalue weighted by Gasteiger charge is -2.33. The van der Waals surface area contributed by atoms with Gasteiger partial charge in [-0.2, -0.15) is 18.3 Å². The summed E-state index contributed by atoms with van der Waals surface area (Å²) in [5, 5.41) is 5.92. The van der Waals surface area contributed by atoms with Crippen molar-refractivity contribution in [3.05, 3.63) is 63.1 Å². The monoisotopic (exact) mass is 522 g/mol. The zero-order valence-electron chi connectivity index (χ0n) is 17.9. The summed E-state index contributed by atoms with van der Waals surface area (Å²) in [7, 11) is 0. The van der Waals surface area contributed by atoms with Gasteiger partial charge in [-0.3, -0.25) is 0 Å². The molecule has 5 nitrogen and oxygen atoms in total. The third-order valence-electron chi connectivity index (χ3n) is 5.63. The average Bonchev–Trinajstić information content (AvgIpc) is 3.20. The second-order valence-electron chi connectivity index (χ2n) is 7.92. The zero-order chi connectivity index (χ0) is 25.1. The molecule has 1 unspecified atom stereocenters. The molecule has 2 aromatic rings. The Morgan fingerprint density at radius 2 is 1.88 bits per heavy atom. The van der Waals surface area contributed by atoms with E-state index >= 15 is 0 Å². The first-order valence-corrected chi connectivity index (χ1v) is 10.9. The van der Waals surface area contributed by atoms with Crippen LogP contribution >= 0.6 is 23.2 Å². The van der Waals surface area contributed by atoms with Crippen molar-refractivity contribution in [3.8, 4) is 0 Å². The van der Waals surface area contributed by atoms with E-state index in [1.165, 1.54) is 24.4 Å². The summed E-state index contributed by atoms with van der Waals surface area (Å²) in [6.07, 6.45) is -6.04. The van der Waals surface area contributed by atoms with Crippen LogP contribution in [0.3, 0.4) is 0 Å². The minimum atomic E-state index is -4.52. The van der Waals surface area contributed by atoms with Gasteiger partial charge in [-0.05, 0) is 60.4 Å². The number of alkyl halides is 5. The minimum absolute atomic E-state index is 0.0247. The molecule has 0 saturated carbocycles. The van der Waals surface area contributed by atoms with E-state index < -0.39 is 30.6 Å². The van der Waals surface area contributed by atoms with E-state index in [-0.39, 0.29) is 35.1 Å². The van der Waals surface area contributed by atoms with Gasteiger partial charge in [-0.15, -0.1) is 0 Å². The van der Waals surface area contributed by atoms with Gasteiger partial charge < -0.3 is 10.2 Å². The van der Waals surface area contributed by atoms with Crippen molar-refractivity contribution in [3.63, 3.8) is 0 Å². The number of carbonyl (C=O) groups excluding carboxylic acids is 1. The fourth-order valence-corrected chi connectivity index (χ4v) is 4.39. The smallest absolute Gasteiger partial charge is 0.370 e. The van der Waals surface area contributed by atoms with Crippen molar-refractivity contribution in [2.75, 3.05) is 24.5 Å². The van der Waals surface area contributed by atoms with Crippen LogP contribution in [0, 0.1) is 6.92 Å². The first kappa shape index (κ1) is 26.0. The van der Waals surface area contributed by atoms with Gasteiger partial charge in [0.25, 0.3) is 6.43 Å². The van der Waals surface area contributed by atoms with E-state index in [2.05, 4.69) is 10.5 Å². The first-order valence-electron chi connectivity index (χ1n) is 10.2. The van der Waals surface area contributed by atoms with E-state index in [9.17, 15) is 26.7 Å². The molecule has 0 spiro atoms. The molecule has 2 aromatic carbocycles. The molecular weight excluding hydrogens is 502 g/mol. The Hall–Kier alpha value is -2.59. The van der Waals surface area contributed by atoms with Crippen LogP contribution in [0.1, 0.15) is 23.1 Å². The van der Waals surface area contributed by atoms with Crippen LogP contribution in [0.15, 0.2) is 41.5 Å². The number of carbonyl (C=O) groups is 1. The molecule has 12 heteroatoms. The molecule has 184 valence electrons. The molecule has 0 aliphatic carbocycles. The van der Waals surface area contributed by atoms with Gasteiger partial charge >= 0.3 is 12.2 Å². The van der Waals surface area contributed by atoms with Crippen molar-refractivity contribution in [2.45, 2.75) is 31.4 Å². The zero-order valence-corrected chi connectivity index (χ0v) is 19.4. The van der Waals surface area contributed by atoms with Gasteiger partial charge in [-0.25, -0.2) is 19.0 Å². The van der Waals surface area contributed by atoms with E-state index in [4.69, 9.17) is 23.2 Å². The van der Waals surface area contributed by atoms with Crippen molar-refractivity contribution < 1.29 is 26.7 Å². The Morgan fingerprint density at radius 3 is 2.47 bits per heavy atom. The van der Waals surface area contributed by atoms with E-state index in [1.54, 1.807) is 30.0 Å². The van der Waals surface area contributed by atoms with Crippen LogP contribution in [-0.2, 0) is 5.41 Å². The highest BCUT2D eigenvalue weighted by atomic mass is 35.5. The topological polar surface area (TPSA) is 56.7 Å². The number of hydrogen-bond donors (Lipinski definition) is 2. The molecule has 0 radical (unpaired) electrons. The molecule has 2 amide bonds. The van der Waals surface area contributed by atoms with Crippen LogP contribution in [0.5, 0.6) is 0 Å². The molecule has 2 N–H and O–H groups in total. The van der Waals surface area contributed by atoms with Gasteiger partial charge in [0.05, 0.1) is 12.8 Å². The molecule has 1 atom stereocenters. The Balaban J connectivity index is 1.76. The highest BCUT2D eigenvalue weighted by Crippen LogP contribution is 2.49. The maximum Gasteiger partial charge on any atom is 0.400 e. The highest BCUT2D eigenvalue weighted by Gasteiger charge is 2.59. The van der Waals surface area contributed by atoms with E-state index in [1.807, 2.05) is 5.32 Å². The fraction of sp³-hybridized carbons (Fsp3) is 0.364. The van der Waals surface area contributed by atoms with Crippen molar-refractivity contribution >= 4 is 41.1 Å². The van der Waals surface area contributed by atoms with Crippen molar-refractivity contribution in [2.24, 2.45) is 5.10 Å². The van der Waals surface area contributed by atoms with Crippen LogP contribution in [0.2, 0.25) is 10.0 Å². The normalized spacial score (nSPS) is 18.7. The fourth-order valence-electron chi connectivity index (χ4n) is 3.86. The standard InChI is InChI=1S/C22H21Cl2F5N4O/c1-13-6-18(3-2-14(13)10-31-32-20(34)30-11-19(25)26)33-5-4-21(12-33,22(27,28)29)15-7-16(23)9-17(24)8-15/h2-3,6-10,19H,4-5,11-12H2,1H3,(H2,30,32,34)/b31-10+. The van der Waals surface area contributed by atoms with E-state index in [0.717, 1.165) is 0 Å². The Kier molecular flexibility index (Phi) is 7.92. The van der Waals surface area contributed by atoms with Gasteiger partial charge in [0.1, 0.15) is 5.41 Å². The Bertz CT molecular complexity index is 1060. The van der Waals surface area contributed by atoms with Crippen LogP contribution in [-0.4, -0.2) is 44.5 Å². The number of nitrogens with one attached hydrogen (secondary N) is 2. The molecular formula is C22H21Cl2F5N4O. The summed E-state index contributed by atoms with van der Waals surface area (Å²) in [6, 6.07) is 8.14. The third kappa shape index (κ3) is 5.90. The SMILES string of the molecule is Cc1cc(N2CCC(c3cc(Cl)cc(Cl)c3)(C(F)(F)F)C2)ccc1/C=N/NC(=O)NCC(F)F. The molecule has 0 bridgehead atoms. The minimum Gasteiger partial charge on any atom is -0.370 e. The molecule has 1 aliphatic heterocycles. The lowest BCUT2D eigenvalue weighted by atomic mass is 9.79. The number of anilines is 1. The summed E-state index contributed by atoms with van der Waals surface area (Å²) < 4.78 is 67.0. The molecule has 1 fully saturated rings. The molecule has 34 heavy (non-hydrogen) atoms. The Labute approximate surface area is 202 Å². The summed E-state index contributed by atoms with van der Waals surface area (Å²) in [5.74, 6) is 0. The van der Waals surface area contributed by atoms with Gasteiger partial charge in [-0.1, -0.05) is 29.3 Å². The average molecular weight is 523 g/mol. The second-order valence-corrected chi connectivity index (χ2v) is 8.79. The number of rotatable bonds is 6. The van der Waals surface area contributed by atoms with Crippen molar-refractivity contribution in [1.29, 1.82) is 0 Å². The lowest BCUT2D eigenvalue weighted by molar-refractivity contribution is -0.184. The van der Waals surface area contributed by atoms with Crippen LogP contribution in [0.4, 0.5) is 32.4 Å². The lowest BCUT2D eigenvalue weighted by Crippen LogP contribution is -2.44. The largest absolute Gasteiger partial charge is 0.400 e. The predicted octanol–water partition coefficient (Wildman–Crippen LogP) is 5.91. The van der Waals surface area contributed by atoms with Crippen LogP contribution in [0.25, 0.3) is 0 Å². The number of halogens is 7. The molecule has 1 aliphatic rings. The summed E-state index contributed by atoms with van der Waals surface area (Å²) >= 11 is 12.0. The Morgan fingerprint density at radius 1 is 1.21 bits per heavy atom. The third-order valence-corrected chi connectivity index (χ3v) is 6.07. The number of hydrazone groups is 1. The summed E-state index contributed by atoms with van der Waals surface area (Å²) in [5.41, 5.74) is 1.86. The van der Waals surface area contributed by atoms with Crippen molar-refractivity contribution in [1.82, 2.24) is 10.7 Å². The molecule has 1 heterocycles. The number of hydrogen-bond acceptors (Lipinski definition) is 3.